The number of carbonyl (C=O) groups is 3. The molecule has 1 saturated heterocycles. The molecular formula is C27H21Br2ClN2O5. The third kappa shape index (κ3) is 5.89. The van der Waals surface area contributed by atoms with Crippen LogP contribution in [0.4, 0.5) is 10.5 Å². The van der Waals surface area contributed by atoms with Crippen LogP contribution in [0.2, 0.25) is 5.02 Å². The Kier molecular flexibility index (Phi) is 8.36. The molecule has 3 aromatic rings. The largest absolute Gasteiger partial charge is 0.490 e. The minimum absolute atomic E-state index is 0.194. The molecule has 1 heterocycles. The van der Waals surface area contributed by atoms with Crippen LogP contribution in [-0.4, -0.2) is 24.5 Å². The van der Waals surface area contributed by atoms with Crippen LogP contribution in [0.1, 0.15) is 23.6 Å². The van der Waals surface area contributed by atoms with Gasteiger partial charge in [0, 0.05) is 15.1 Å². The standard InChI is InChI=1S/C27H21Br2ClN2O5/c1-3-36-23-13-16(12-20(29)24(23)37-14-17-6-4-5-7-21(17)30)11-19-25(33)31-27(35)32(26(19)34)22-9-8-18(28)10-15(22)2/h4-13H,3,14H2,1-2H3,(H,31,33,35)/b19-11-. The lowest BCUT2D eigenvalue weighted by atomic mass is 10.1. The first kappa shape index (κ1) is 26.9. The van der Waals surface area contributed by atoms with Gasteiger partial charge in [-0.05, 0) is 83.4 Å². The van der Waals surface area contributed by atoms with Gasteiger partial charge in [-0.3, -0.25) is 14.9 Å². The first-order valence-corrected chi connectivity index (χ1v) is 13.2. The molecule has 1 aliphatic heterocycles. The predicted molar refractivity (Wildman–Crippen MR) is 149 cm³/mol. The summed E-state index contributed by atoms with van der Waals surface area (Å²) < 4.78 is 13.1. The van der Waals surface area contributed by atoms with Gasteiger partial charge in [0.2, 0.25) is 0 Å². The van der Waals surface area contributed by atoms with E-state index in [2.05, 4.69) is 37.2 Å². The lowest BCUT2D eigenvalue weighted by Crippen LogP contribution is -2.54. The van der Waals surface area contributed by atoms with Gasteiger partial charge in [0.15, 0.2) is 11.5 Å². The summed E-state index contributed by atoms with van der Waals surface area (Å²) in [6.07, 6.45) is 1.41. The van der Waals surface area contributed by atoms with Crippen molar-refractivity contribution < 1.29 is 23.9 Å². The number of aryl methyl sites for hydroxylation is 1. The van der Waals surface area contributed by atoms with Crippen molar-refractivity contribution in [2.45, 2.75) is 20.5 Å². The Morgan fingerprint density at radius 3 is 2.49 bits per heavy atom. The van der Waals surface area contributed by atoms with Crippen LogP contribution in [0.25, 0.3) is 6.08 Å². The molecule has 1 aliphatic rings. The molecule has 0 aromatic heterocycles. The van der Waals surface area contributed by atoms with Gasteiger partial charge in [0.25, 0.3) is 11.8 Å². The number of hydrogen-bond donors (Lipinski definition) is 1. The van der Waals surface area contributed by atoms with Crippen LogP contribution in [0.5, 0.6) is 11.5 Å². The summed E-state index contributed by atoms with van der Waals surface area (Å²) in [4.78, 5) is 39.5. The van der Waals surface area contributed by atoms with Gasteiger partial charge in [-0.15, -0.1) is 0 Å². The second-order valence-electron chi connectivity index (χ2n) is 8.03. The zero-order valence-corrected chi connectivity index (χ0v) is 23.7. The summed E-state index contributed by atoms with van der Waals surface area (Å²) in [5.41, 5.74) is 2.18. The number of ether oxygens (including phenoxy) is 2. The van der Waals surface area contributed by atoms with E-state index in [0.29, 0.717) is 44.4 Å². The number of halogens is 3. The van der Waals surface area contributed by atoms with E-state index in [1.54, 1.807) is 43.3 Å². The molecule has 0 unspecified atom stereocenters. The van der Waals surface area contributed by atoms with Crippen molar-refractivity contribution in [2.24, 2.45) is 0 Å². The Balaban J connectivity index is 1.68. The van der Waals surface area contributed by atoms with E-state index in [0.717, 1.165) is 14.9 Å². The average molecular weight is 649 g/mol. The molecule has 4 amide bonds. The van der Waals surface area contributed by atoms with Crippen LogP contribution in [0.15, 0.2) is 69.1 Å². The second-order valence-corrected chi connectivity index (χ2v) is 10.2. The van der Waals surface area contributed by atoms with Gasteiger partial charge in [-0.25, -0.2) is 9.69 Å². The lowest BCUT2D eigenvalue weighted by Gasteiger charge is -2.27. The number of hydrogen-bond acceptors (Lipinski definition) is 5. The number of carbonyl (C=O) groups excluding carboxylic acids is 3. The zero-order chi connectivity index (χ0) is 26.7. The molecule has 0 bridgehead atoms. The Labute approximate surface area is 235 Å². The number of barbiturate groups is 1. The molecule has 10 heteroatoms. The fourth-order valence-corrected chi connectivity index (χ4v) is 4.99. The number of nitrogens with one attached hydrogen (secondary N) is 1. The molecule has 0 saturated carbocycles. The molecule has 190 valence electrons. The highest BCUT2D eigenvalue weighted by atomic mass is 79.9. The summed E-state index contributed by atoms with van der Waals surface area (Å²) in [6.45, 7) is 4.18. The number of amides is 4. The van der Waals surface area contributed by atoms with Crippen molar-refractivity contribution in [1.82, 2.24) is 5.32 Å². The highest BCUT2D eigenvalue weighted by Crippen LogP contribution is 2.39. The molecule has 37 heavy (non-hydrogen) atoms. The summed E-state index contributed by atoms with van der Waals surface area (Å²) in [5.74, 6) is -0.650. The summed E-state index contributed by atoms with van der Waals surface area (Å²) in [6, 6.07) is 15.0. The Hall–Kier alpha value is -3.14. The molecule has 1 N–H and O–H groups in total. The van der Waals surface area contributed by atoms with E-state index in [1.165, 1.54) is 6.08 Å². The van der Waals surface area contributed by atoms with Gasteiger partial charge >= 0.3 is 6.03 Å². The summed E-state index contributed by atoms with van der Waals surface area (Å²) in [5, 5.41) is 2.83. The summed E-state index contributed by atoms with van der Waals surface area (Å²) >= 11 is 13.1. The van der Waals surface area contributed by atoms with E-state index in [4.69, 9.17) is 21.1 Å². The lowest BCUT2D eigenvalue weighted by molar-refractivity contribution is -0.122. The number of rotatable bonds is 7. The van der Waals surface area contributed by atoms with E-state index >= 15 is 0 Å². The van der Waals surface area contributed by atoms with E-state index in [9.17, 15) is 14.4 Å². The Bertz CT molecular complexity index is 1440. The van der Waals surface area contributed by atoms with Crippen LogP contribution in [0, 0.1) is 6.92 Å². The number of anilines is 1. The van der Waals surface area contributed by atoms with Gasteiger partial charge in [-0.1, -0.05) is 45.7 Å². The quantitative estimate of drug-likeness (QED) is 0.225. The van der Waals surface area contributed by atoms with Gasteiger partial charge in [-0.2, -0.15) is 0 Å². The molecule has 0 atom stereocenters. The fourth-order valence-electron chi connectivity index (χ4n) is 3.75. The Morgan fingerprint density at radius 1 is 1.03 bits per heavy atom. The van der Waals surface area contributed by atoms with E-state index < -0.39 is 17.8 Å². The number of imide groups is 2. The molecule has 0 spiro atoms. The molecule has 1 fully saturated rings. The molecule has 4 rings (SSSR count). The fraction of sp³-hybridized carbons (Fsp3) is 0.148. The summed E-state index contributed by atoms with van der Waals surface area (Å²) in [7, 11) is 0. The SMILES string of the molecule is CCOc1cc(/C=C2/C(=O)NC(=O)N(c3ccc(Br)cc3C)C2=O)cc(Br)c1OCc1ccccc1Cl. The maximum atomic E-state index is 13.3. The first-order valence-electron chi connectivity index (χ1n) is 11.2. The maximum absolute atomic E-state index is 13.3. The average Bonchev–Trinajstić information content (AvgIpc) is 2.83. The second kappa shape index (κ2) is 11.5. The number of urea groups is 1. The highest BCUT2D eigenvalue weighted by molar-refractivity contribution is 9.10. The predicted octanol–water partition coefficient (Wildman–Crippen LogP) is 6.82. The third-order valence-electron chi connectivity index (χ3n) is 5.47. The van der Waals surface area contributed by atoms with Crippen LogP contribution < -0.4 is 19.7 Å². The van der Waals surface area contributed by atoms with Gasteiger partial charge in [0.1, 0.15) is 12.2 Å². The molecular weight excluding hydrogens is 628 g/mol. The van der Waals surface area contributed by atoms with E-state index in [-0.39, 0.29) is 12.2 Å². The molecule has 0 aliphatic carbocycles. The number of benzene rings is 3. The van der Waals surface area contributed by atoms with Crippen molar-refractivity contribution in [1.29, 1.82) is 0 Å². The minimum Gasteiger partial charge on any atom is -0.490 e. The van der Waals surface area contributed by atoms with E-state index in [1.807, 2.05) is 25.1 Å². The zero-order valence-electron chi connectivity index (χ0n) is 19.8. The topological polar surface area (TPSA) is 84.9 Å². The Morgan fingerprint density at radius 2 is 1.78 bits per heavy atom. The van der Waals surface area contributed by atoms with Crippen molar-refractivity contribution in [3.8, 4) is 11.5 Å². The maximum Gasteiger partial charge on any atom is 0.335 e. The van der Waals surface area contributed by atoms with Crippen molar-refractivity contribution in [3.05, 3.63) is 90.8 Å². The number of nitrogens with zero attached hydrogens (tertiary/aromatic N) is 1. The van der Waals surface area contributed by atoms with Gasteiger partial charge in [0.05, 0.1) is 16.8 Å². The van der Waals surface area contributed by atoms with Crippen molar-refractivity contribution in [3.63, 3.8) is 0 Å². The minimum atomic E-state index is -0.808. The molecule has 0 radical (unpaired) electrons. The van der Waals surface area contributed by atoms with Crippen LogP contribution in [-0.2, 0) is 16.2 Å². The highest BCUT2D eigenvalue weighted by Gasteiger charge is 2.37. The third-order valence-corrected chi connectivity index (χ3v) is 6.92. The van der Waals surface area contributed by atoms with Crippen LogP contribution in [0.3, 0.4) is 0 Å². The molecule has 7 nitrogen and oxygen atoms in total. The monoisotopic (exact) mass is 646 g/mol. The molecule has 3 aromatic carbocycles. The van der Waals surface area contributed by atoms with Gasteiger partial charge < -0.3 is 9.47 Å². The van der Waals surface area contributed by atoms with Crippen molar-refractivity contribution >= 4 is 73.1 Å². The van der Waals surface area contributed by atoms with Crippen LogP contribution >= 0.6 is 43.5 Å². The smallest absolute Gasteiger partial charge is 0.335 e. The first-order chi connectivity index (χ1) is 17.7. The van der Waals surface area contributed by atoms with Crippen molar-refractivity contribution in [2.75, 3.05) is 11.5 Å². The normalized spacial score (nSPS) is 14.7.